The Morgan fingerprint density at radius 3 is 2.78 bits per heavy atom. The minimum absolute atomic E-state index is 0.0465. The van der Waals surface area contributed by atoms with Crippen molar-refractivity contribution < 1.29 is 9.90 Å². The Bertz CT molecular complexity index is 316. The first-order valence-electron chi connectivity index (χ1n) is 7.13. The molecule has 4 N–H and O–H groups in total. The minimum atomic E-state index is -0.721. The van der Waals surface area contributed by atoms with E-state index in [1.807, 2.05) is 0 Å². The summed E-state index contributed by atoms with van der Waals surface area (Å²) in [5.74, 6) is 0.743. The second kappa shape index (κ2) is 4.79. The molecule has 0 aromatic heterocycles. The average molecular weight is 253 g/mol. The molecule has 3 fully saturated rings. The Kier molecular flexibility index (Phi) is 3.30. The van der Waals surface area contributed by atoms with Crippen LogP contribution in [0.1, 0.15) is 32.1 Å². The van der Waals surface area contributed by atoms with Crippen molar-refractivity contribution in [1.82, 2.24) is 16.0 Å². The van der Waals surface area contributed by atoms with Crippen molar-refractivity contribution in [3.8, 4) is 0 Å². The highest BCUT2D eigenvalue weighted by Gasteiger charge is 2.39. The number of β-amino-alcohol motifs (C(OH)–C–C–N with tert-alkyl or cyclic N) is 1. The van der Waals surface area contributed by atoms with E-state index in [2.05, 4.69) is 16.0 Å². The highest BCUT2D eigenvalue weighted by Crippen LogP contribution is 2.33. The predicted octanol–water partition coefficient (Wildman–Crippen LogP) is -0.642. The van der Waals surface area contributed by atoms with E-state index < -0.39 is 5.60 Å². The lowest BCUT2D eigenvalue weighted by atomic mass is 9.85. The number of carbonyl (C=O) groups excluding carboxylic acids is 1. The fraction of sp³-hybridized carbons (Fsp3) is 0.923. The number of rotatable bonds is 3. The van der Waals surface area contributed by atoms with Gasteiger partial charge in [0.1, 0.15) is 5.60 Å². The monoisotopic (exact) mass is 253 g/mol. The highest BCUT2D eigenvalue weighted by molar-refractivity contribution is 5.82. The van der Waals surface area contributed by atoms with Crippen LogP contribution in [0.25, 0.3) is 0 Å². The van der Waals surface area contributed by atoms with Crippen molar-refractivity contribution in [3.63, 3.8) is 0 Å². The van der Waals surface area contributed by atoms with E-state index in [-0.39, 0.29) is 11.9 Å². The zero-order valence-electron chi connectivity index (χ0n) is 10.7. The van der Waals surface area contributed by atoms with E-state index in [1.54, 1.807) is 0 Å². The van der Waals surface area contributed by atoms with Crippen LogP contribution < -0.4 is 16.0 Å². The number of nitrogens with one attached hydrogen (secondary N) is 3. The number of amides is 1. The SMILES string of the molecule is O=C(NCC1(O)CNC1)C1CC2CCCCC2N1. The molecule has 2 heterocycles. The van der Waals surface area contributed by atoms with Crippen LogP contribution in [0.15, 0.2) is 0 Å². The zero-order chi connectivity index (χ0) is 12.6. The molecule has 1 aliphatic carbocycles. The van der Waals surface area contributed by atoms with Gasteiger partial charge in [-0.05, 0) is 25.2 Å². The molecule has 2 saturated heterocycles. The maximum absolute atomic E-state index is 12.1. The molecule has 0 radical (unpaired) electrons. The Morgan fingerprint density at radius 2 is 2.11 bits per heavy atom. The molecule has 3 atom stereocenters. The predicted molar refractivity (Wildman–Crippen MR) is 68.1 cm³/mol. The van der Waals surface area contributed by atoms with Gasteiger partial charge in [0.15, 0.2) is 0 Å². The van der Waals surface area contributed by atoms with Gasteiger partial charge in [-0.25, -0.2) is 0 Å². The van der Waals surface area contributed by atoms with Gasteiger partial charge in [0.25, 0.3) is 0 Å². The topological polar surface area (TPSA) is 73.4 Å². The molecule has 3 rings (SSSR count). The van der Waals surface area contributed by atoms with Crippen molar-refractivity contribution in [2.24, 2.45) is 5.92 Å². The van der Waals surface area contributed by atoms with Crippen molar-refractivity contribution in [2.75, 3.05) is 19.6 Å². The molecular weight excluding hydrogens is 230 g/mol. The molecule has 5 nitrogen and oxygen atoms in total. The second-order valence-corrected chi connectivity index (χ2v) is 6.15. The summed E-state index contributed by atoms with van der Waals surface area (Å²) in [7, 11) is 0. The van der Waals surface area contributed by atoms with Crippen LogP contribution in [0.3, 0.4) is 0 Å². The number of fused-ring (bicyclic) bond motifs is 1. The summed E-state index contributed by atoms with van der Waals surface area (Å²) < 4.78 is 0. The lowest BCUT2D eigenvalue weighted by Crippen LogP contribution is -2.65. The summed E-state index contributed by atoms with van der Waals surface area (Å²) in [4.78, 5) is 12.1. The maximum atomic E-state index is 12.1. The van der Waals surface area contributed by atoms with Crippen molar-refractivity contribution >= 4 is 5.91 Å². The summed E-state index contributed by atoms with van der Waals surface area (Å²) in [6.07, 6.45) is 6.03. The Hall–Kier alpha value is -0.650. The lowest BCUT2D eigenvalue weighted by molar-refractivity contribution is -0.124. The fourth-order valence-electron chi connectivity index (χ4n) is 3.43. The summed E-state index contributed by atoms with van der Waals surface area (Å²) in [5, 5.41) is 19.3. The van der Waals surface area contributed by atoms with Crippen LogP contribution in [0.2, 0.25) is 0 Å². The molecule has 102 valence electrons. The summed E-state index contributed by atoms with van der Waals surface area (Å²) in [6, 6.07) is 0.498. The molecule has 5 heteroatoms. The third-order valence-corrected chi connectivity index (χ3v) is 4.68. The number of hydrogen-bond donors (Lipinski definition) is 4. The first-order chi connectivity index (χ1) is 8.66. The van der Waals surface area contributed by atoms with Gasteiger partial charge in [0.2, 0.25) is 5.91 Å². The average Bonchev–Trinajstić information content (AvgIpc) is 2.77. The molecule has 0 aromatic rings. The molecule has 1 saturated carbocycles. The molecule has 18 heavy (non-hydrogen) atoms. The van der Waals surface area contributed by atoms with E-state index in [4.69, 9.17) is 0 Å². The molecule has 1 amide bonds. The van der Waals surface area contributed by atoms with Crippen LogP contribution >= 0.6 is 0 Å². The van der Waals surface area contributed by atoms with Gasteiger partial charge >= 0.3 is 0 Å². The fourth-order valence-corrected chi connectivity index (χ4v) is 3.43. The summed E-state index contributed by atoms with van der Waals surface area (Å²) in [6.45, 7) is 1.53. The van der Waals surface area contributed by atoms with Crippen LogP contribution in [-0.4, -0.2) is 48.3 Å². The van der Waals surface area contributed by atoms with Crippen LogP contribution in [0.5, 0.6) is 0 Å². The largest absolute Gasteiger partial charge is 0.385 e. The molecule has 2 aliphatic heterocycles. The van der Waals surface area contributed by atoms with Crippen molar-refractivity contribution in [3.05, 3.63) is 0 Å². The first kappa shape index (κ1) is 12.4. The van der Waals surface area contributed by atoms with Gasteiger partial charge in [0, 0.05) is 25.7 Å². The van der Waals surface area contributed by atoms with Crippen LogP contribution in [0, 0.1) is 5.92 Å². The van der Waals surface area contributed by atoms with Crippen molar-refractivity contribution in [2.45, 2.75) is 49.8 Å². The van der Waals surface area contributed by atoms with Gasteiger partial charge in [0.05, 0.1) is 6.04 Å². The molecule has 0 aromatic carbocycles. The van der Waals surface area contributed by atoms with Crippen LogP contribution in [-0.2, 0) is 4.79 Å². The van der Waals surface area contributed by atoms with Gasteiger partial charge < -0.3 is 21.1 Å². The second-order valence-electron chi connectivity index (χ2n) is 6.15. The van der Waals surface area contributed by atoms with E-state index in [0.717, 1.165) is 6.42 Å². The third kappa shape index (κ3) is 2.39. The molecule has 0 spiro atoms. The zero-order valence-corrected chi connectivity index (χ0v) is 10.7. The first-order valence-corrected chi connectivity index (χ1v) is 7.13. The Balaban J connectivity index is 1.48. The Morgan fingerprint density at radius 1 is 1.33 bits per heavy atom. The number of carbonyl (C=O) groups is 1. The van der Waals surface area contributed by atoms with E-state index in [1.165, 1.54) is 25.7 Å². The maximum Gasteiger partial charge on any atom is 0.237 e. The van der Waals surface area contributed by atoms with E-state index in [9.17, 15) is 9.90 Å². The summed E-state index contributed by atoms with van der Waals surface area (Å²) in [5.41, 5.74) is -0.721. The van der Waals surface area contributed by atoms with Crippen molar-refractivity contribution in [1.29, 1.82) is 0 Å². The van der Waals surface area contributed by atoms with E-state index >= 15 is 0 Å². The van der Waals surface area contributed by atoms with Gasteiger partial charge in [-0.15, -0.1) is 0 Å². The third-order valence-electron chi connectivity index (χ3n) is 4.68. The summed E-state index contributed by atoms with van der Waals surface area (Å²) >= 11 is 0. The normalized spacial score (nSPS) is 37.7. The number of aliphatic hydroxyl groups is 1. The lowest BCUT2D eigenvalue weighted by Gasteiger charge is -2.37. The molecule has 3 unspecified atom stereocenters. The molecular formula is C13H23N3O2. The minimum Gasteiger partial charge on any atom is -0.385 e. The van der Waals surface area contributed by atoms with Gasteiger partial charge in [-0.2, -0.15) is 0 Å². The molecule has 3 aliphatic rings. The van der Waals surface area contributed by atoms with Gasteiger partial charge in [-0.3, -0.25) is 4.79 Å². The smallest absolute Gasteiger partial charge is 0.237 e. The standard InChI is InChI=1S/C13H23N3O2/c17-12(15-8-13(18)6-14-7-13)11-5-9-3-1-2-4-10(9)16-11/h9-11,14,16,18H,1-8H2,(H,15,17). The highest BCUT2D eigenvalue weighted by atomic mass is 16.3. The molecule has 0 bridgehead atoms. The van der Waals surface area contributed by atoms with Crippen LogP contribution in [0.4, 0.5) is 0 Å². The van der Waals surface area contributed by atoms with Gasteiger partial charge in [-0.1, -0.05) is 12.8 Å². The number of hydrogen-bond acceptors (Lipinski definition) is 4. The van der Waals surface area contributed by atoms with E-state index in [0.29, 0.717) is 31.6 Å². The quantitative estimate of drug-likeness (QED) is 0.540. The Labute approximate surface area is 108 Å².